The predicted octanol–water partition coefficient (Wildman–Crippen LogP) is 1.53. The van der Waals surface area contributed by atoms with Crippen molar-refractivity contribution in [3.05, 3.63) is 29.8 Å². The first kappa shape index (κ1) is 12.1. The SMILES string of the molecule is CCOC(=O)Cc1ccc([S+](C)[O-])cc1. The van der Waals surface area contributed by atoms with E-state index in [0.717, 1.165) is 10.5 Å². The van der Waals surface area contributed by atoms with E-state index in [0.29, 0.717) is 6.61 Å². The molecule has 1 rings (SSSR count). The highest BCUT2D eigenvalue weighted by atomic mass is 32.2. The van der Waals surface area contributed by atoms with Crippen LogP contribution >= 0.6 is 0 Å². The molecule has 0 bridgehead atoms. The molecule has 1 atom stereocenters. The van der Waals surface area contributed by atoms with Gasteiger partial charge in [-0.2, -0.15) is 0 Å². The normalized spacial score (nSPS) is 12.2. The van der Waals surface area contributed by atoms with Crippen molar-refractivity contribution in [1.29, 1.82) is 0 Å². The quantitative estimate of drug-likeness (QED) is 0.578. The zero-order chi connectivity index (χ0) is 11.3. The Morgan fingerprint density at radius 2 is 2.00 bits per heavy atom. The lowest BCUT2D eigenvalue weighted by molar-refractivity contribution is -0.142. The molecule has 0 radical (unpaired) electrons. The molecule has 0 aliphatic heterocycles. The summed E-state index contributed by atoms with van der Waals surface area (Å²) in [6, 6.07) is 7.14. The van der Waals surface area contributed by atoms with Gasteiger partial charge in [0.1, 0.15) is 6.26 Å². The summed E-state index contributed by atoms with van der Waals surface area (Å²) < 4.78 is 15.9. The summed E-state index contributed by atoms with van der Waals surface area (Å²) in [5.41, 5.74) is 0.877. The van der Waals surface area contributed by atoms with E-state index in [2.05, 4.69) is 0 Å². The van der Waals surface area contributed by atoms with Crippen LogP contribution in [0.3, 0.4) is 0 Å². The number of carbonyl (C=O) groups is 1. The van der Waals surface area contributed by atoms with Crippen LogP contribution in [0.2, 0.25) is 0 Å². The van der Waals surface area contributed by atoms with Crippen LogP contribution in [-0.4, -0.2) is 23.4 Å². The molecule has 1 unspecified atom stereocenters. The lowest BCUT2D eigenvalue weighted by Gasteiger charge is -2.05. The number of esters is 1. The highest BCUT2D eigenvalue weighted by molar-refractivity contribution is 7.90. The molecule has 1 aromatic carbocycles. The van der Waals surface area contributed by atoms with E-state index in [1.165, 1.54) is 0 Å². The molecule has 1 aromatic rings. The van der Waals surface area contributed by atoms with Gasteiger partial charge < -0.3 is 9.29 Å². The van der Waals surface area contributed by atoms with Crippen LogP contribution in [0.15, 0.2) is 29.2 Å². The average molecular weight is 226 g/mol. The van der Waals surface area contributed by atoms with Gasteiger partial charge in [-0.1, -0.05) is 12.1 Å². The second-order valence-corrected chi connectivity index (χ2v) is 4.46. The number of hydrogen-bond acceptors (Lipinski definition) is 3. The van der Waals surface area contributed by atoms with Crippen LogP contribution in [-0.2, 0) is 27.1 Å². The lowest BCUT2D eigenvalue weighted by atomic mass is 10.1. The Kier molecular flexibility index (Phi) is 4.65. The van der Waals surface area contributed by atoms with E-state index in [-0.39, 0.29) is 12.4 Å². The molecule has 0 aromatic heterocycles. The highest BCUT2D eigenvalue weighted by Crippen LogP contribution is 2.10. The molecule has 0 aliphatic carbocycles. The molecule has 3 nitrogen and oxygen atoms in total. The Hall–Kier alpha value is -1.00. The van der Waals surface area contributed by atoms with Gasteiger partial charge >= 0.3 is 5.97 Å². The van der Waals surface area contributed by atoms with Crippen LogP contribution in [0.5, 0.6) is 0 Å². The van der Waals surface area contributed by atoms with Gasteiger partial charge in [-0.05, 0) is 35.8 Å². The van der Waals surface area contributed by atoms with Gasteiger partial charge in [0.15, 0.2) is 4.90 Å². The third-order valence-corrected chi connectivity index (χ3v) is 2.85. The molecule has 4 heteroatoms. The fourth-order valence-electron chi connectivity index (χ4n) is 1.18. The Labute approximate surface area is 92.6 Å². The standard InChI is InChI=1S/C11H14O3S/c1-3-14-11(12)8-9-4-6-10(7-5-9)15(2)13/h4-7H,3,8H2,1-2H3. The maximum atomic E-state index is 11.1. The molecule has 0 saturated carbocycles. The maximum absolute atomic E-state index is 11.1. The summed E-state index contributed by atoms with van der Waals surface area (Å²) in [4.78, 5) is 11.9. The van der Waals surface area contributed by atoms with Crippen molar-refractivity contribution < 1.29 is 14.1 Å². The van der Waals surface area contributed by atoms with Crippen molar-refractivity contribution in [3.8, 4) is 0 Å². The molecule has 82 valence electrons. The van der Waals surface area contributed by atoms with Crippen LogP contribution < -0.4 is 0 Å². The number of ether oxygens (including phenoxy) is 1. The number of carbonyl (C=O) groups excluding carboxylic acids is 1. The zero-order valence-corrected chi connectivity index (χ0v) is 9.67. The van der Waals surface area contributed by atoms with Crippen molar-refractivity contribution in [1.82, 2.24) is 0 Å². The Bertz CT molecular complexity index is 319. The zero-order valence-electron chi connectivity index (χ0n) is 8.86. The Morgan fingerprint density at radius 3 is 2.47 bits per heavy atom. The first-order valence-corrected chi connectivity index (χ1v) is 6.27. The van der Waals surface area contributed by atoms with Crippen LogP contribution in [0.1, 0.15) is 12.5 Å². The van der Waals surface area contributed by atoms with E-state index < -0.39 is 11.2 Å². The van der Waals surface area contributed by atoms with Crippen molar-refractivity contribution in [2.75, 3.05) is 12.9 Å². The smallest absolute Gasteiger partial charge is 0.310 e. The van der Waals surface area contributed by atoms with E-state index in [4.69, 9.17) is 4.74 Å². The first-order valence-electron chi connectivity index (χ1n) is 4.71. The second kappa shape index (κ2) is 5.78. The summed E-state index contributed by atoms with van der Waals surface area (Å²) in [6.45, 7) is 2.18. The minimum Gasteiger partial charge on any atom is -0.612 e. The largest absolute Gasteiger partial charge is 0.612 e. The molecule has 0 heterocycles. The van der Waals surface area contributed by atoms with E-state index in [1.807, 2.05) is 0 Å². The van der Waals surface area contributed by atoms with Crippen LogP contribution in [0, 0.1) is 0 Å². The molecular formula is C11H14O3S. The Balaban J connectivity index is 2.60. The van der Waals surface area contributed by atoms with Gasteiger partial charge in [0.05, 0.1) is 13.0 Å². The third-order valence-electron chi connectivity index (χ3n) is 1.91. The summed E-state index contributed by atoms with van der Waals surface area (Å²) in [7, 11) is 0. The monoisotopic (exact) mass is 226 g/mol. The van der Waals surface area contributed by atoms with E-state index in [1.54, 1.807) is 37.4 Å². The molecule has 0 N–H and O–H groups in total. The predicted molar refractivity (Wildman–Crippen MR) is 59.1 cm³/mol. The number of rotatable bonds is 4. The van der Waals surface area contributed by atoms with E-state index >= 15 is 0 Å². The van der Waals surface area contributed by atoms with Crippen LogP contribution in [0.4, 0.5) is 0 Å². The highest BCUT2D eigenvalue weighted by Gasteiger charge is 2.06. The molecule has 0 fully saturated rings. The van der Waals surface area contributed by atoms with Gasteiger partial charge in [0.25, 0.3) is 0 Å². The van der Waals surface area contributed by atoms with Gasteiger partial charge in [-0.3, -0.25) is 4.79 Å². The van der Waals surface area contributed by atoms with Crippen molar-refractivity contribution in [3.63, 3.8) is 0 Å². The Morgan fingerprint density at radius 1 is 1.40 bits per heavy atom. The van der Waals surface area contributed by atoms with Gasteiger partial charge in [0.2, 0.25) is 0 Å². The summed E-state index contributed by atoms with van der Waals surface area (Å²) in [6.07, 6.45) is 1.89. The number of hydrogen-bond donors (Lipinski definition) is 0. The molecule has 0 saturated heterocycles. The van der Waals surface area contributed by atoms with Crippen molar-refractivity contribution in [2.45, 2.75) is 18.2 Å². The molecule has 0 spiro atoms. The average Bonchev–Trinajstić information content (AvgIpc) is 2.18. The lowest BCUT2D eigenvalue weighted by Crippen LogP contribution is -2.07. The second-order valence-electron chi connectivity index (χ2n) is 3.08. The molecule has 15 heavy (non-hydrogen) atoms. The summed E-state index contributed by atoms with van der Waals surface area (Å²) in [5, 5.41) is 0. The molecule has 0 aliphatic rings. The number of benzene rings is 1. The minimum absolute atomic E-state index is 0.233. The maximum Gasteiger partial charge on any atom is 0.310 e. The van der Waals surface area contributed by atoms with Crippen molar-refractivity contribution in [2.24, 2.45) is 0 Å². The van der Waals surface area contributed by atoms with Crippen LogP contribution in [0.25, 0.3) is 0 Å². The fraction of sp³-hybridized carbons (Fsp3) is 0.364. The summed E-state index contributed by atoms with van der Waals surface area (Å²) in [5.74, 6) is -0.233. The fourth-order valence-corrected chi connectivity index (χ4v) is 1.70. The molecule has 0 amide bonds. The third kappa shape index (κ3) is 3.93. The van der Waals surface area contributed by atoms with E-state index in [9.17, 15) is 9.35 Å². The topological polar surface area (TPSA) is 49.4 Å². The first-order chi connectivity index (χ1) is 7.13. The van der Waals surface area contributed by atoms with Crippen molar-refractivity contribution >= 4 is 17.1 Å². The van der Waals surface area contributed by atoms with Gasteiger partial charge in [0, 0.05) is 0 Å². The van der Waals surface area contributed by atoms with Gasteiger partial charge in [-0.15, -0.1) is 0 Å². The molecular weight excluding hydrogens is 212 g/mol. The summed E-state index contributed by atoms with van der Waals surface area (Å²) >= 11 is -0.969. The van der Waals surface area contributed by atoms with Gasteiger partial charge in [-0.25, -0.2) is 0 Å². The minimum atomic E-state index is -0.969.